The Balaban J connectivity index is 2.07. The van der Waals surface area contributed by atoms with Gasteiger partial charge in [-0.25, -0.2) is 9.59 Å². The molecule has 152 valence electrons. The van der Waals surface area contributed by atoms with Crippen LogP contribution >= 0.6 is 0 Å². The lowest BCUT2D eigenvalue weighted by Gasteiger charge is -2.30. The molecule has 1 aliphatic rings. The number of carbonyl (C=O) groups is 4. The summed E-state index contributed by atoms with van der Waals surface area (Å²) in [5.41, 5.74) is 0.763. The molecule has 0 spiro atoms. The lowest BCUT2D eigenvalue weighted by Crippen LogP contribution is -2.56. The largest absolute Gasteiger partial charge is 0.480 e. The number of carbonyl (C=O) groups excluding carboxylic acids is 3. The van der Waals surface area contributed by atoms with Gasteiger partial charge in [0, 0.05) is 13.5 Å². The Morgan fingerprint density at radius 2 is 1.93 bits per heavy atom. The molecule has 28 heavy (non-hydrogen) atoms. The first kappa shape index (κ1) is 21.2. The van der Waals surface area contributed by atoms with Gasteiger partial charge >= 0.3 is 18.0 Å². The summed E-state index contributed by atoms with van der Waals surface area (Å²) in [7, 11) is 0. The maximum Gasteiger partial charge on any atom is 0.408 e. The van der Waals surface area contributed by atoms with Gasteiger partial charge in [0.05, 0.1) is 0 Å². The van der Waals surface area contributed by atoms with E-state index in [0.717, 1.165) is 5.56 Å². The van der Waals surface area contributed by atoms with Crippen molar-refractivity contribution in [3.8, 4) is 0 Å². The van der Waals surface area contributed by atoms with Crippen LogP contribution in [-0.4, -0.2) is 58.7 Å². The van der Waals surface area contributed by atoms with Gasteiger partial charge in [-0.05, 0) is 25.3 Å². The van der Waals surface area contributed by atoms with Crippen LogP contribution in [0.5, 0.6) is 0 Å². The molecule has 0 bridgehead atoms. The highest BCUT2D eigenvalue weighted by atomic mass is 16.6. The molecule has 0 aliphatic carbocycles. The predicted octanol–water partition coefficient (Wildman–Crippen LogP) is 1.31. The number of ether oxygens (including phenoxy) is 2. The molecule has 2 amide bonds. The predicted molar refractivity (Wildman–Crippen MR) is 97.1 cm³/mol. The number of hydrogen-bond acceptors (Lipinski definition) is 6. The first-order valence-electron chi connectivity index (χ1n) is 8.97. The molecule has 0 radical (unpaired) electrons. The summed E-state index contributed by atoms with van der Waals surface area (Å²) in [6.07, 6.45) is -0.999. The zero-order valence-electron chi connectivity index (χ0n) is 15.8. The monoisotopic (exact) mass is 392 g/mol. The maximum atomic E-state index is 12.9. The van der Waals surface area contributed by atoms with E-state index in [1.165, 1.54) is 18.7 Å². The van der Waals surface area contributed by atoms with Crippen LogP contribution in [0.25, 0.3) is 0 Å². The van der Waals surface area contributed by atoms with Crippen LogP contribution in [0, 0.1) is 0 Å². The molecule has 1 fully saturated rings. The van der Waals surface area contributed by atoms with Gasteiger partial charge in [-0.2, -0.15) is 0 Å². The average molecular weight is 392 g/mol. The van der Waals surface area contributed by atoms with Gasteiger partial charge in [-0.15, -0.1) is 0 Å². The summed E-state index contributed by atoms with van der Waals surface area (Å²) >= 11 is 0. The van der Waals surface area contributed by atoms with E-state index in [1.807, 2.05) is 6.07 Å². The van der Waals surface area contributed by atoms with Crippen molar-refractivity contribution in [1.29, 1.82) is 0 Å². The molecular formula is C19H24N2O7. The van der Waals surface area contributed by atoms with Crippen LogP contribution in [0.3, 0.4) is 0 Å². The maximum absolute atomic E-state index is 12.9. The van der Waals surface area contributed by atoms with Crippen LogP contribution in [0.15, 0.2) is 30.3 Å². The summed E-state index contributed by atoms with van der Waals surface area (Å²) in [6, 6.07) is 6.75. The van der Waals surface area contributed by atoms with E-state index in [2.05, 4.69) is 5.32 Å². The number of hydrogen-bond donors (Lipinski definition) is 2. The van der Waals surface area contributed by atoms with Gasteiger partial charge in [-0.1, -0.05) is 30.3 Å². The Morgan fingerprint density at radius 1 is 1.25 bits per heavy atom. The molecule has 9 heteroatoms. The minimum atomic E-state index is -1.26. The highest BCUT2D eigenvalue weighted by Crippen LogP contribution is 2.20. The molecule has 9 nitrogen and oxygen atoms in total. The van der Waals surface area contributed by atoms with Gasteiger partial charge in [0.1, 0.15) is 24.8 Å². The van der Waals surface area contributed by atoms with Crippen molar-refractivity contribution in [3.63, 3.8) is 0 Å². The summed E-state index contributed by atoms with van der Waals surface area (Å²) in [5.74, 6) is -2.37. The second-order valence-electron chi connectivity index (χ2n) is 6.53. The number of amides is 2. The molecule has 1 aromatic carbocycles. The second kappa shape index (κ2) is 9.72. The molecule has 2 N–H and O–H groups in total. The van der Waals surface area contributed by atoms with Gasteiger partial charge in [-0.3, -0.25) is 9.59 Å². The number of benzene rings is 1. The number of carboxylic acid groups (broad SMARTS) is 1. The summed E-state index contributed by atoms with van der Waals surface area (Å²) in [4.78, 5) is 48.9. The van der Waals surface area contributed by atoms with Crippen LogP contribution in [0.2, 0.25) is 0 Å². The van der Waals surface area contributed by atoms with Gasteiger partial charge < -0.3 is 24.8 Å². The SMILES string of the molecule is CC(=O)OC(C)[C@@H](NC(=O)OCc1ccccc1)C(=O)N1CCC[C@H]1C(=O)O. The quantitative estimate of drug-likeness (QED) is 0.671. The molecule has 1 saturated heterocycles. The molecule has 2 rings (SSSR count). The van der Waals surface area contributed by atoms with Crippen LogP contribution in [-0.2, 0) is 30.5 Å². The fraction of sp³-hybridized carbons (Fsp3) is 0.474. The molecule has 1 aliphatic heterocycles. The Kier molecular flexibility index (Phi) is 7.36. The molecule has 1 heterocycles. The van der Waals surface area contributed by atoms with E-state index in [0.29, 0.717) is 12.8 Å². The van der Waals surface area contributed by atoms with Gasteiger partial charge in [0.25, 0.3) is 0 Å². The Morgan fingerprint density at radius 3 is 2.54 bits per heavy atom. The fourth-order valence-corrected chi connectivity index (χ4v) is 3.07. The van der Waals surface area contributed by atoms with Crippen LogP contribution < -0.4 is 5.32 Å². The van der Waals surface area contributed by atoms with Crippen molar-refractivity contribution < 1.29 is 33.8 Å². The van der Waals surface area contributed by atoms with E-state index in [9.17, 15) is 24.3 Å². The van der Waals surface area contributed by atoms with Gasteiger partial charge in [0.2, 0.25) is 5.91 Å². The van der Waals surface area contributed by atoms with Crippen LogP contribution in [0.1, 0.15) is 32.3 Å². The average Bonchev–Trinajstić information content (AvgIpc) is 3.14. The third-order valence-corrected chi connectivity index (χ3v) is 4.39. The highest BCUT2D eigenvalue weighted by Gasteiger charge is 2.40. The van der Waals surface area contributed by atoms with E-state index in [4.69, 9.17) is 9.47 Å². The molecule has 3 atom stereocenters. The lowest BCUT2D eigenvalue weighted by molar-refractivity contribution is -0.154. The summed E-state index contributed by atoms with van der Waals surface area (Å²) < 4.78 is 10.2. The first-order valence-corrected chi connectivity index (χ1v) is 8.97. The number of nitrogens with zero attached hydrogens (tertiary/aromatic N) is 1. The lowest BCUT2D eigenvalue weighted by atomic mass is 10.1. The molecule has 1 aromatic rings. The van der Waals surface area contributed by atoms with Crippen molar-refractivity contribution in [2.24, 2.45) is 0 Å². The second-order valence-corrected chi connectivity index (χ2v) is 6.53. The number of aliphatic carboxylic acids is 1. The number of esters is 1. The van der Waals surface area contributed by atoms with Crippen LogP contribution in [0.4, 0.5) is 4.79 Å². The number of rotatable bonds is 7. The van der Waals surface area contributed by atoms with E-state index >= 15 is 0 Å². The minimum absolute atomic E-state index is 0.00298. The summed E-state index contributed by atoms with van der Waals surface area (Å²) in [6.45, 7) is 2.88. The smallest absolute Gasteiger partial charge is 0.408 e. The fourth-order valence-electron chi connectivity index (χ4n) is 3.07. The normalized spacial score (nSPS) is 18.1. The molecule has 0 aromatic heterocycles. The standard InChI is InChI=1S/C19H24N2O7/c1-12(28-13(2)22)16(17(23)21-10-6-9-15(21)18(24)25)20-19(26)27-11-14-7-4-3-5-8-14/h3-5,7-8,12,15-16H,6,9-11H2,1-2H3,(H,20,26)(H,24,25)/t12?,15-,16+/m0/s1. The number of likely N-dealkylation sites (tertiary alicyclic amines) is 1. The van der Waals surface area contributed by atoms with Crippen molar-refractivity contribution >= 4 is 23.9 Å². The van der Waals surface area contributed by atoms with E-state index in [1.54, 1.807) is 24.3 Å². The van der Waals surface area contributed by atoms with Crippen molar-refractivity contribution in [1.82, 2.24) is 10.2 Å². The third kappa shape index (κ3) is 5.70. The number of carboxylic acids is 1. The Labute approximate surface area is 162 Å². The third-order valence-electron chi connectivity index (χ3n) is 4.39. The topological polar surface area (TPSA) is 122 Å². The highest BCUT2D eigenvalue weighted by molar-refractivity contribution is 5.90. The Hall–Kier alpha value is -3.10. The Bertz CT molecular complexity index is 722. The van der Waals surface area contributed by atoms with Gasteiger partial charge in [0.15, 0.2) is 0 Å². The summed E-state index contributed by atoms with van der Waals surface area (Å²) in [5, 5.41) is 11.7. The van der Waals surface area contributed by atoms with Crippen molar-refractivity contribution in [2.75, 3.05) is 6.54 Å². The number of nitrogens with one attached hydrogen (secondary N) is 1. The zero-order valence-corrected chi connectivity index (χ0v) is 15.8. The minimum Gasteiger partial charge on any atom is -0.480 e. The zero-order chi connectivity index (χ0) is 20.7. The number of alkyl carbamates (subject to hydrolysis) is 1. The van der Waals surface area contributed by atoms with E-state index < -0.39 is 42.1 Å². The molecular weight excluding hydrogens is 368 g/mol. The molecule has 1 unspecified atom stereocenters. The van der Waals surface area contributed by atoms with Crippen molar-refractivity contribution in [2.45, 2.75) is 51.5 Å². The van der Waals surface area contributed by atoms with E-state index in [-0.39, 0.29) is 13.2 Å². The molecule has 0 saturated carbocycles. The van der Waals surface area contributed by atoms with Crippen molar-refractivity contribution in [3.05, 3.63) is 35.9 Å². The first-order chi connectivity index (χ1) is 13.3.